The third-order valence-electron chi connectivity index (χ3n) is 6.01. The molecule has 0 radical (unpaired) electrons. The van der Waals surface area contributed by atoms with Crippen LogP contribution in [0.4, 0.5) is 0 Å². The Bertz CT molecular complexity index is 835. The van der Waals surface area contributed by atoms with Crippen molar-refractivity contribution in [1.29, 1.82) is 0 Å². The Balaban J connectivity index is 1.43. The van der Waals surface area contributed by atoms with Gasteiger partial charge in [0.1, 0.15) is 5.75 Å². The number of hydrogen-bond acceptors (Lipinski definition) is 5. The average molecular weight is 395 g/mol. The molecule has 0 saturated carbocycles. The monoisotopic (exact) mass is 394 g/mol. The largest absolute Gasteiger partial charge is 0.497 e. The van der Waals surface area contributed by atoms with E-state index in [1.54, 1.807) is 13.3 Å². The molecule has 154 valence electrons. The molecule has 1 unspecified atom stereocenters. The SMILES string of the molecule is COc1cccc(-c2cncc(C3CCCN(CC(=O)N4CCCCC4)C3)n2)c1. The zero-order chi connectivity index (χ0) is 20.1. The van der Waals surface area contributed by atoms with Gasteiger partial charge >= 0.3 is 0 Å². The van der Waals surface area contributed by atoms with Crippen LogP contribution in [-0.2, 0) is 4.79 Å². The fourth-order valence-electron chi connectivity index (χ4n) is 4.37. The highest BCUT2D eigenvalue weighted by Gasteiger charge is 2.26. The van der Waals surface area contributed by atoms with Crippen LogP contribution in [0.1, 0.15) is 43.7 Å². The van der Waals surface area contributed by atoms with E-state index in [9.17, 15) is 4.79 Å². The summed E-state index contributed by atoms with van der Waals surface area (Å²) in [5, 5.41) is 0. The fraction of sp³-hybridized carbons (Fsp3) is 0.522. The van der Waals surface area contributed by atoms with Gasteiger partial charge in [-0.3, -0.25) is 14.7 Å². The molecule has 2 aliphatic rings. The minimum absolute atomic E-state index is 0.279. The second-order valence-corrected chi connectivity index (χ2v) is 8.08. The zero-order valence-electron chi connectivity index (χ0n) is 17.2. The van der Waals surface area contributed by atoms with Gasteiger partial charge < -0.3 is 9.64 Å². The molecule has 2 fully saturated rings. The topological polar surface area (TPSA) is 58.6 Å². The lowest BCUT2D eigenvalue weighted by Gasteiger charge is -2.34. The molecule has 1 aromatic carbocycles. The van der Waals surface area contributed by atoms with Gasteiger partial charge in [-0.2, -0.15) is 0 Å². The average Bonchev–Trinajstić information content (AvgIpc) is 2.80. The van der Waals surface area contributed by atoms with E-state index in [1.165, 1.54) is 6.42 Å². The van der Waals surface area contributed by atoms with Crippen molar-refractivity contribution in [3.8, 4) is 17.0 Å². The van der Waals surface area contributed by atoms with Crippen molar-refractivity contribution in [2.75, 3.05) is 39.8 Å². The zero-order valence-corrected chi connectivity index (χ0v) is 17.2. The first-order valence-corrected chi connectivity index (χ1v) is 10.7. The van der Waals surface area contributed by atoms with Gasteiger partial charge in [-0.15, -0.1) is 0 Å². The van der Waals surface area contributed by atoms with Gasteiger partial charge in [0.25, 0.3) is 0 Å². The van der Waals surface area contributed by atoms with Gasteiger partial charge in [-0.1, -0.05) is 12.1 Å². The van der Waals surface area contributed by atoms with E-state index in [2.05, 4.69) is 9.88 Å². The van der Waals surface area contributed by atoms with Gasteiger partial charge in [0.05, 0.1) is 31.2 Å². The van der Waals surface area contributed by atoms with Crippen LogP contribution in [-0.4, -0.2) is 65.5 Å². The third kappa shape index (κ3) is 4.93. The van der Waals surface area contributed by atoms with Gasteiger partial charge in [-0.25, -0.2) is 4.98 Å². The number of carbonyl (C=O) groups is 1. The normalized spacial score (nSPS) is 20.4. The summed E-state index contributed by atoms with van der Waals surface area (Å²) in [6.45, 7) is 4.22. The summed E-state index contributed by atoms with van der Waals surface area (Å²) in [6, 6.07) is 7.91. The molecule has 2 aliphatic heterocycles. The number of amides is 1. The first-order chi connectivity index (χ1) is 14.2. The number of ether oxygens (including phenoxy) is 1. The first-order valence-electron chi connectivity index (χ1n) is 10.7. The lowest BCUT2D eigenvalue weighted by Crippen LogP contribution is -2.45. The van der Waals surface area contributed by atoms with Crippen LogP contribution in [0.15, 0.2) is 36.7 Å². The van der Waals surface area contributed by atoms with Crippen LogP contribution in [0.5, 0.6) is 5.75 Å². The molecule has 0 N–H and O–H groups in total. The van der Waals surface area contributed by atoms with E-state index in [-0.39, 0.29) is 5.91 Å². The molecular formula is C23H30N4O2. The highest BCUT2D eigenvalue weighted by molar-refractivity contribution is 5.78. The molecular weight excluding hydrogens is 364 g/mol. The highest BCUT2D eigenvalue weighted by atomic mass is 16.5. The fourth-order valence-corrected chi connectivity index (χ4v) is 4.37. The summed E-state index contributed by atoms with van der Waals surface area (Å²) in [7, 11) is 1.67. The molecule has 6 heteroatoms. The molecule has 29 heavy (non-hydrogen) atoms. The van der Waals surface area contributed by atoms with Gasteiger partial charge in [0.2, 0.25) is 5.91 Å². The number of rotatable bonds is 5. The summed E-state index contributed by atoms with van der Waals surface area (Å²) in [4.78, 5) is 26.3. The van der Waals surface area contributed by atoms with Crippen molar-refractivity contribution < 1.29 is 9.53 Å². The molecule has 1 atom stereocenters. The first kappa shape index (κ1) is 19.8. The van der Waals surface area contributed by atoms with E-state index < -0.39 is 0 Å². The molecule has 6 nitrogen and oxygen atoms in total. The third-order valence-corrected chi connectivity index (χ3v) is 6.01. The summed E-state index contributed by atoms with van der Waals surface area (Å²) in [5.74, 6) is 1.41. The summed E-state index contributed by atoms with van der Waals surface area (Å²) >= 11 is 0. The predicted molar refractivity (Wildman–Crippen MR) is 113 cm³/mol. The molecule has 0 aliphatic carbocycles. The Hall–Kier alpha value is -2.47. The number of aromatic nitrogens is 2. The number of hydrogen-bond donors (Lipinski definition) is 0. The number of nitrogens with zero attached hydrogens (tertiary/aromatic N) is 4. The van der Waals surface area contributed by atoms with Crippen molar-refractivity contribution >= 4 is 5.91 Å². The Kier molecular flexibility index (Phi) is 6.39. The number of benzene rings is 1. The minimum Gasteiger partial charge on any atom is -0.497 e. The molecule has 1 aromatic heterocycles. The van der Waals surface area contributed by atoms with E-state index >= 15 is 0 Å². The molecule has 0 bridgehead atoms. The maximum atomic E-state index is 12.7. The summed E-state index contributed by atoms with van der Waals surface area (Å²) in [6.07, 6.45) is 9.39. The molecule has 3 heterocycles. The number of carbonyl (C=O) groups excluding carboxylic acids is 1. The Morgan fingerprint density at radius 3 is 2.83 bits per heavy atom. The number of likely N-dealkylation sites (tertiary alicyclic amines) is 2. The highest BCUT2D eigenvalue weighted by Crippen LogP contribution is 2.28. The van der Waals surface area contributed by atoms with Crippen LogP contribution >= 0.6 is 0 Å². The van der Waals surface area contributed by atoms with E-state index in [0.29, 0.717) is 12.5 Å². The van der Waals surface area contributed by atoms with Crippen LogP contribution in [0, 0.1) is 0 Å². The van der Waals surface area contributed by atoms with Gasteiger partial charge in [-0.05, 0) is 50.8 Å². The van der Waals surface area contributed by atoms with Crippen molar-refractivity contribution in [3.05, 3.63) is 42.4 Å². The Morgan fingerprint density at radius 2 is 2.00 bits per heavy atom. The van der Waals surface area contributed by atoms with Crippen LogP contribution in [0.2, 0.25) is 0 Å². The minimum atomic E-state index is 0.279. The van der Waals surface area contributed by atoms with Crippen molar-refractivity contribution in [3.63, 3.8) is 0 Å². The van der Waals surface area contributed by atoms with Gasteiger partial charge in [0.15, 0.2) is 0 Å². The van der Waals surface area contributed by atoms with Crippen LogP contribution < -0.4 is 4.74 Å². The van der Waals surface area contributed by atoms with Crippen molar-refractivity contribution in [2.45, 2.75) is 38.0 Å². The Labute approximate surface area is 172 Å². The van der Waals surface area contributed by atoms with Gasteiger partial charge in [0, 0.05) is 37.3 Å². The Morgan fingerprint density at radius 1 is 1.14 bits per heavy atom. The van der Waals surface area contributed by atoms with Crippen molar-refractivity contribution in [1.82, 2.24) is 19.8 Å². The van der Waals surface area contributed by atoms with E-state index in [1.807, 2.05) is 35.4 Å². The number of methoxy groups -OCH3 is 1. The quantitative estimate of drug-likeness (QED) is 0.778. The lowest BCUT2D eigenvalue weighted by atomic mass is 9.94. The number of piperidine rings is 2. The summed E-state index contributed by atoms with van der Waals surface area (Å²) < 4.78 is 5.33. The summed E-state index contributed by atoms with van der Waals surface area (Å²) in [5.41, 5.74) is 2.88. The second-order valence-electron chi connectivity index (χ2n) is 8.08. The second kappa shape index (κ2) is 9.35. The molecule has 2 saturated heterocycles. The van der Waals surface area contributed by atoms with Crippen LogP contribution in [0.25, 0.3) is 11.3 Å². The maximum absolute atomic E-state index is 12.7. The predicted octanol–water partition coefficient (Wildman–Crippen LogP) is 3.34. The molecule has 0 spiro atoms. The van der Waals surface area contributed by atoms with E-state index in [0.717, 1.165) is 74.6 Å². The molecule has 2 aromatic rings. The maximum Gasteiger partial charge on any atom is 0.236 e. The van der Waals surface area contributed by atoms with Crippen LogP contribution in [0.3, 0.4) is 0 Å². The lowest BCUT2D eigenvalue weighted by molar-refractivity contribution is -0.133. The molecule has 1 amide bonds. The smallest absolute Gasteiger partial charge is 0.236 e. The van der Waals surface area contributed by atoms with E-state index in [4.69, 9.17) is 9.72 Å². The standard InChI is InChI=1S/C23H30N4O2/c1-29-20-9-5-7-18(13-20)21-14-24-15-22(25-21)19-8-6-10-26(16-19)17-23(28)27-11-3-2-4-12-27/h5,7,9,13-15,19H,2-4,6,8,10-12,16-17H2,1H3. The molecule has 4 rings (SSSR count). The van der Waals surface area contributed by atoms with Crippen molar-refractivity contribution in [2.24, 2.45) is 0 Å².